The van der Waals surface area contributed by atoms with Crippen molar-refractivity contribution in [3.05, 3.63) is 83.4 Å². The summed E-state index contributed by atoms with van der Waals surface area (Å²) in [6.07, 6.45) is 1.74. The number of halogens is 1. The third kappa shape index (κ3) is 5.86. The van der Waals surface area contributed by atoms with Gasteiger partial charge < -0.3 is 14.8 Å². The van der Waals surface area contributed by atoms with Gasteiger partial charge in [-0.3, -0.25) is 9.79 Å². The summed E-state index contributed by atoms with van der Waals surface area (Å²) >= 11 is 5.94. The molecule has 3 rings (SSSR count). The quantitative estimate of drug-likeness (QED) is 0.566. The number of benzene rings is 3. The van der Waals surface area contributed by atoms with Crippen LogP contribution in [0, 0.1) is 0 Å². The summed E-state index contributed by atoms with van der Waals surface area (Å²) in [5.74, 6) is 1.09. The van der Waals surface area contributed by atoms with Crippen LogP contribution in [0.15, 0.2) is 77.8 Å². The van der Waals surface area contributed by atoms with Crippen molar-refractivity contribution >= 4 is 35.1 Å². The van der Waals surface area contributed by atoms with Crippen LogP contribution < -0.4 is 14.8 Å². The number of carbonyl (C=O) groups excluding carboxylic acids is 1. The zero-order valence-corrected chi connectivity index (χ0v) is 16.0. The topological polar surface area (TPSA) is 59.9 Å². The Hall–Kier alpha value is -3.31. The molecule has 0 unspecified atom stereocenters. The van der Waals surface area contributed by atoms with Crippen LogP contribution in [-0.2, 0) is 4.79 Å². The first kappa shape index (κ1) is 19.5. The molecule has 0 spiro atoms. The molecule has 0 fully saturated rings. The van der Waals surface area contributed by atoms with Gasteiger partial charge in [-0.25, -0.2) is 0 Å². The Morgan fingerprint density at radius 1 is 1.04 bits per heavy atom. The third-order valence-electron chi connectivity index (χ3n) is 3.79. The number of anilines is 1. The van der Waals surface area contributed by atoms with E-state index in [1.165, 1.54) is 0 Å². The van der Waals surface area contributed by atoms with Gasteiger partial charge in [-0.05, 0) is 72.3 Å². The molecular weight excluding hydrogens is 376 g/mol. The van der Waals surface area contributed by atoms with Crippen molar-refractivity contribution in [3.63, 3.8) is 0 Å². The highest BCUT2D eigenvalue weighted by molar-refractivity contribution is 6.30. The van der Waals surface area contributed by atoms with Gasteiger partial charge in [0.2, 0.25) is 0 Å². The summed E-state index contributed by atoms with van der Waals surface area (Å²) in [5.41, 5.74) is 2.38. The van der Waals surface area contributed by atoms with Gasteiger partial charge in [-0.15, -0.1) is 0 Å². The summed E-state index contributed by atoms with van der Waals surface area (Å²) < 4.78 is 10.6. The molecule has 5 nitrogen and oxygen atoms in total. The monoisotopic (exact) mass is 394 g/mol. The maximum absolute atomic E-state index is 12.0. The van der Waals surface area contributed by atoms with E-state index < -0.39 is 0 Å². The number of hydrogen-bond acceptors (Lipinski definition) is 4. The van der Waals surface area contributed by atoms with E-state index in [1.54, 1.807) is 61.9 Å². The number of nitrogens with zero attached hydrogens (tertiary/aromatic N) is 1. The van der Waals surface area contributed by atoms with Crippen LogP contribution in [0.2, 0.25) is 5.02 Å². The Labute approximate surface area is 168 Å². The van der Waals surface area contributed by atoms with Crippen molar-refractivity contribution in [2.24, 2.45) is 4.99 Å². The number of rotatable bonds is 7. The van der Waals surface area contributed by atoms with E-state index in [1.807, 2.05) is 24.3 Å². The second kappa shape index (κ2) is 9.58. The van der Waals surface area contributed by atoms with E-state index in [-0.39, 0.29) is 12.5 Å². The lowest BCUT2D eigenvalue weighted by Crippen LogP contribution is -2.20. The predicted molar refractivity (Wildman–Crippen MR) is 112 cm³/mol. The maximum atomic E-state index is 12.0. The van der Waals surface area contributed by atoms with E-state index in [0.29, 0.717) is 16.5 Å². The van der Waals surface area contributed by atoms with E-state index >= 15 is 0 Å². The molecule has 0 aliphatic carbocycles. The smallest absolute Gasteiger partial charge is 0.262 e. The van der Waals surface area contributed by atoms with Crippen molar-refractivity contribution in [1.82, 2.24) is 0 Å². The number of nitrogens with one attached hydrogen (secondary N) is 1. The van der Waals surface area contributed by atoms with Crippen LogP contribution in [0.1, 0.15) is 5.56 Å². The molecule has 6 heteroatoms. The summed E-state index contributed by atoms with van der Waals surface area (Å²) in [6, 6.07) is 21.7. The molecule has 0 aliphatic rings. The van der Waals surface area contributed by atoms with Crippen LogP contribution in [0.3, 0.4) is 0 Å². The SMILES string of the molecule is COc1ccc(NC(=O)COc2ccc(C=Nc3cccc(Cl)c3)cc2)cc1. The van der Waals surface area contributed by atoms with Crippen LogP contribution in [0.4, 0.5) is 11.4 Å². The Morgan fingerprint density at radius 3 is 2.43 bits per heavy atom. The molecule has 0 bridgehead atoms. The zero-order valence-electron chi connectivity index (χ0n) is 15.3. The number of ether oxygens (including phenoxy) is 2. The first-order valence-corrected chi connectivity index (χ1v) is 8.96. The normalized spacial score (nSPS) is 10.6. The molecule has 0 heterocycles. The lowest BCUT2D eigenvalue weighted by Gasteiger charge is -2.08. The molecule has 0 atom stereocenters. The molecule has 0 radical (unpaired) electrons. The van der Waals surface area contributed by atoms with E-state index in [4.69, 9.17) is 21.1 Å². The summed E-state index contributed by atoms with van der Waals surface area (Å²) in [5, 5.41) is 3.41. The number of carbonyl (C=O) groups is 1. The van der Waals surface area contributed by atoms with Crippen LogP contribution in [0.5, 0.6) is 11.5 Å². The Kier molecular flexibility index (Phi) is 6.65. The van der Waals surface area contributed by atoms with Crippen LogP contribution >= 0.6 is 11.6 Å². The minimum absolute atomic E-state index is 0.0814. The van der Waals surface area contributed by atoms with Crippen LogP contribution in [-0.4, -0.2) is 25.8 Å². The summed E-state index contributed by atoms with van der Waals surface area (Å²) in [7, 11) is 1.59. The molecule has 3 aromatic rings. The van der Waals surface area contributed by atoms with Crippen molar-refractivity contribution in [2.75, 3.05) is 19.0 Å². The Bertz CT molecular complexity index is 954. The highest BCUT2D eigenvalue weighted by Crippen LogP contribution is 2.18. The van der Waals surface area contributed by atoms with Crippen molar-refractivity contribution in [2.45, 2.75) is 0 Å². The number of hydrogen-bond donors (Lipinski definition) is 1. The largest absolute Gasteiger partial charge is 0.497 e. The van der Waals surface area contributed by atoms with Crippen molar-refractivity contribution in [1.29, 1.82) is 0 Å². The average Bonchev–Trinajstić information content (AvgIpc) is 2.72. The van der Waals surface area contributed by atoms with Gasteiger partial charge in [-0.2, -0.15) is 0 Å². The van der Waals surface area contributed by atoms with Gasteiger partial charge in [0.05, 0.1) is 12.8 Å². The lowest BCUT2D eigenvalue weighted by molar-refractivity contribution is -0.118. The van der Waals surface area contributed by atoms with Gasteiger partial charge >= 0.3 is 0 Å². The first-order valence-electron chi connectivity index (χ1n) is 8.59. The fraction of sp³-hybridized carbons (Fsp3) is 0.0909. The average molecular weight is 395 g/mol. The zero-order chi connectivity index (χ0) is 19.8. The number of methoxy groups -OCH3 is 1. The minimum atomic E-state index is -0.239. The Balaban J connectivity index is 1.50. The first-order chi connectivity index (χ1) is 13.6. The van der Waals surface area contributed by atoms with Gasteiger partial charge in [0.25, 0.3) is 5.91 Å². The highest BCUT2D eigenvalue weighted by Gasteiger charge is 2.04. The predicted octanol–water partition coefficient (Wildman–Crippen LogP) is 5.12. The molecule has 0 saturated heterocycles. The fourth-order valence-corrected chi connectivity index (χ4v) is 2.56. The second-order valence-corrected chi connectivity index (χ2v) is 6.31. The molecule has 0 saturated carbocycles. The Morgan fingerprint density at radius 2 is 1.75 bits per heavy atom. The fourth-order valence-electron chi connectivity index (χ4n) is 2.38. The van der Waals surface area contributed by atoms with E-state index in [9.17, 15) is 4.79 Å². The van der Waals surface area contributed by atoms with Crippen LogP contribution in [0.25, 0.3) is 0 Å². The summed E-state index contributed by atoms with van der Waals surface area (Å²) in [6.45, 7) is -0.0814. The molecule has 3 aromatic carbocycles. The van der Waals surface area contributed by atoms with Crippen molar-refractivity contribution < 1.29 is 14.3 Å². The van der Waals surface area contributed by atoms with E-state index in [0.717, 1.165) is 17.0 Å². The maximum Gasteiger partial charge on any atom is 0.262 e. The standard InChI is InChI=1S/C22H19ClN2O3/c1-27-20-11-7-18(8-12-20)25-22(26)15-28-21-9-5-16(6-10-21)14-24-19-4-2-3-17(23)13-19/h2-14H,15H2,1H3,(H,25,26). The summed E-state index contributed by atoms with van der Waals surface area (Å²) in [4.78, 5) is 16.4. The number of amides is 1. The molecule has 142 valence electrons. The van der Waals surface area contributed by atoms with Gasteiger partial charge in [0.1, 0.15) is 11.5 Å². The minimum Gasteiger partial charge on any atom is -0.497 e. The molecule has 28 heavy (non-hydrogen) atoms. The van der Waals surface area contributed by atoms with Gasteiger partial charge in [-0.1, -0.05) is 17.7 Å². The molecule has 0 aromatic heterocycles. The second-order valence-electron chi connectivity index (χ2n) is 5.87. The van der Waals surface area contributed by atoms with Gasteiger partial charge in [0, 0.05) is 16.9 Å². The molecular formula is C22H19ClN2O3. The third-order valence-corrected chi connectivity index (χ3v) is 4.03. The molecule has 0 aliphatic heterocycles. The molecule has 1 amide bonds. The van der Waals surface area contributed by atoms with E-state index in [2.05, 4.69) is 10.3 Å². The van der Waals surface area contributed by atoms with Crippen molar-refractivity contribution in [3.8, 4) is 11.5 Å². The lowest BCUT2D eigenvalue weighted by atomic mass is 10.2. The highest BCUT2D eigenvalue weighted by atomic mass is 35.5. The molecule has 1 N–H and O–H groups in total. The number of aliphatic imine (C=N–C) groups is 1. The van der Waals surface area contributed by atoms with Gasteiger partial charge in [0.15, 0.2) is 6.61 Å².